The summed E-state index contributed by atoms with van der Waals surface area (Å²) in [5, 5.41) is 2.72. The van der Waals surface area contributed by atoms with Crippen molar-refractivity contribution in [1.29, 1.82) is 0 Å². The summed E-state index contributed by atoms with van der Waals surface area (Å²) in [7, 11) is 0. The zero-order chi connectivity index (χ0) is 21.3. The molecule has 0 aliphatic rings. The minimum atomic E-state index is -0.426. The Morgan fingerprint density at radius 2 is 1.63 bits per heavy atom. The number of rotatable bonds is 9. The van der Waals surface area contributed by atoms with Crippen molar-refractivity contribution in [2.45, 2.75) is 6.92 Å². The Bertz CT molecular complexity index is 1050. The van der Waals surface area contributed by atoms with Crippen LogP contribution >= 0.6 is 0 Å². The molecule has 0 radical (unpaired) electrons. The number of nitrogens with one attached hydrogen (secondary N) is 1. The monoisotopic (exact) mass is 403 g/mol. The highest BCUT2D eigenvalue weighted by Gasteiger charge is 2.15. The molecule has 0 aliphatic carbocycles. The number of ketones is 1. The van der Waals surface area contributed by atoms with Crippen LogP contribution in [0.3, 0.4) is 0 Å². The van der Waals surface area contributed by atoms with Crippen molar-refractivity contribution in [2.75, 3.05) is 18.5 Å². The average Bonchev–Trinajstić information content (AvgIpc) is 2.79. The Kier molecular flexibility index (Phi) is 6.95. The van der Waals surface area contributed by atoms with Crippen molar-refractivity contribution in [3.8, 4) is 11.5 Å². The normalized spacial score (nSPS) is 10.2. The van der Waals surface area contributed by atoms with Gasteiger partial charge in [-0.05, 0) is 37.3 Å². The zero-order valence-electron chi connectivity index (χ0n) is 16.5. The summed E-state index contributed by atoms with van der Waals surface area (Å²) >= 11 is 0. The van der Waals surface area contributed by atoms with Gasteiger partial charge < -0.3 is 14.8 Å². The van der Waals surface area contributed by atoms with E-state index in [0.717, 1.165) is 0 Å². The molecular formula is C24H21NO5. The van der Waals surface area contributed by atoms with E-state index in [0.29, 0.717) is 46.8 Å². The van der Waals surface area contributed by atoms with Gasteiger partial charge in [-0.1, -0.05) is 42.5 Å². The van der Waals surface area contributed by atoms with Crippen LogP contribution in [0.4, 0.5) is 5.69 Å². The fourth-order valence-corrected chi connectivity index (χ4v) is 2.85. The molecule has 0 heterocycles. The lowest BCUT2D eigenvalue weighted by Gasteiger charge is -2.13. The minimum absolute atomic E-state index is 0.185. The maximum absolute atomic E-state index is 12.8. The van der Waals surface area contributed by atoms with Crippen LogP contribution in [0.2, 0.25) is 0 Å². The molecule has 0 bridgehead atoms. The minimum Gasteiger partial charge on any atom is -0.490 e. The standard InChI is InChI=1S/C24H21NO5/c1-2-29-22-14-17(15-26)12-13-21(22)30-16-23(27)25-20-11-7-6-10-19(20)24(28)18-8-4-3-5-9-18/h3-15H,2,16H2,1H3,(H,25,27). The van der Waals surface area contributed by atoms with E-state index in [-0.39, 0.29) is 12.4 Å². The Balaban J connectivity index is 1.71. The van der Waals surface area contributed by atoms with Crippen molar-refractivity contribution in [1.82, 2.24) is 0 Å². The molecule has 0 fully saturated rings. The van der Waals surface area contributed by atoms with Crippen LogP contribution in [0.5, 0.6) is 11.5 Å². The summed E-state index contributed by atoms with van der Waals surface area (Å²) in [6.07, 6.45) is 0.708. The predicted molar refractivity (Wildman–Crippen MR) is 113 cm³/mol. The fourth-order valence-electron chi connectivity index (χ4n) is 2.85. The van der Waals surface area contributed by atoms with Gasteiger partial charge in [0.15, 0.2) is 23.9 Å². The first-order valence-electron chi connectivity index (χ1n) is 9.45. The van der Waals surface area contributed by atoms with Crippen molar-refractivity contribution in [3.63, 3.8) is 0 Å². The number of hydrogen-bond acceptors (Lipinski definition) is 5. The molecule has 3 aromatic carbocycles. The topological polar surface area (TPSA) is 81.7 Å². The van der Waals surface area contributed by atoms with Gasteiger partial charge in [-0.15, -0.1) is 0 Å². The van der Waals surface area contributed by atoms with Crippen LogP contribution in [-0.4, -0.2) is 31.2 Å². The van der Waals surface area contributed by atoms with Gasteiger partial charge in [0, 0.05) is 16.7 Å². The van der Waals surface area contributed by atoms with Crippen molar-refractivity contribution < 1.29 is 23.9 Å². The Morgan fingerprint density at radius 1 is 0.900 bits per heavy atom. The molecule has 3 aromatic rings. The second-order valence-corrected chi connectivity index (χ2v) is 6.33. The van der Waals surface area contributed by atoms with Gasteiger partial charge in [-0.25, -0.2) is 0 Å². The van der Waals surface area contributed by atoms with Crippen LogP contribution in [0.1, 0.15) is 33.2 Å². The Morgan fingerprint density at radius 3 is 2.37 bits per heavy atom. The second-order valence-electron chi connectivity index (χ2n) is 6.33. The molecule has 0 aliphatic heterocycles. The van der Waals surface area contributed by atoms with Crippen LogP contribution in [0, 0.1) is 0 Å². The van der Waals surface area contributed by atoms with E-state index in [4.69, 9.17) is 9.47 Å². The number of anilines is 1. The largest absolute Gasteiger partial charge is 0.490 e. The number of ether oxygens (including phenoxy) is 2. The number of hydrogen-bond donors (Lipinski definition) is 1. The molecule has 0 atom stereocenters. The summed E-state index contributed by atoms with van der Waals surface area (Å²) < 4.78 is 11.0. The molecule has 0 aromatic heterocycles. The van der Waals surface area contributed by atoms with Crippen LogP contribution in [0.25, 0.3) is 0 Å². The zero-order valence-corrected chi connectivity index (χ0v) is 16.5. The van der Waals surface area contributed by atoms with E-state index < -0.39 is 5.91 Å². The smallest absolute Gasteiger partial charge is 0.262 e. The van der Waals surface area contributed by atoms with Gasteiger partial charge in [0.05, 0.1) is 12.3 Å². The molecule has 1 amide bonds. The molecule has 6 heteroatoms. The third kappa shape index (κ3) is 5.11. The third-order valence-corrected chi connectivity index (χ3v) is 4.24. The number of para-hydroxylation sites is 1. The lowest BCUT2D eigenvalue weighted by molar-refractivity contribution is -0.118. The molecule has 152 valence electrons. The van der Waals surface area contributed by atoms with E-state index in [2.05, 4.69) is 5.32 Å². The number of aldehydes is 1. The third-order valence-electron chi connectivity index (χ3n) is 4.24. The molecule has 0 spiro atoms. The maximum Gasteiger partial charge on any atom is 0.262 e. The van der Waals surface area contributed by atoms with E-state index in [9.17, 15) is 14.4 Å². The second kappa shape index (κ2) is 10.0. The first-order valence-corrected chi connectivity index (χ1v) is 9.45. The maximum atomic E-state index is 12.8. The molecule has 0 saturated heterocycles. The average molecular weight is 403 g/mol. The fraction of sp³-hybridized carbons (Fsp3) is 0.125. The van der Waals surface area contributed by atoms with E-state index in [1.54, 1.807) is 66.7 Å². The van der Waals surface area contributed by atoms with Gasteiger partial charge in [-0.2, -0.15) is 0 Å². The lowest BCUT2D eigenvalue weighted by Crippen LogP contribution is -2.22. The van der Waals surface area contributed by atoms with E-state index in [1.165, 1.54) is 0 Å². The van der Waals surface area contributed by atoms with Gasteiger partial charge in [-0.3, -0.25) is 14.4 Å². The first-order chi connectivity index (χ1) is 14.6. The number of carbonyl (C=O) groups is 3. The van der Waals surface area contributed by atoms with Crippen molar-refractivity contribution in [3.05, 3.63) is 89.5 Å². The van der Waals surface area contributed by atoms with Crippen LogP contribution in [-0.2, 0) is 4.79 Å². The first kappa shape index (κ1) is 20.8. The summed E-state index contributed by atoms with van der Waals surface area (Å²) in [6.45, 7) is 1.92. The van der Waals surface area contributed by atoms with Crippen molar-refractivity contribution in [2.24, 2.45) is 0 Å². The van der Waals surface area contributed by atoms with Gasteiger partial charge in [0.1, 0.15) is 6.29 Å². The van der Waals surface area contributed by atoms with Crippen LogP contribution < -0.4 is 14.8 Å². The molecule has 1 N–H and O–H groups in total. The summed E-state index contributed by atoms with van der Waals surface area (Å²) in [4.78, 5) is 36.2. The predicted octanol–water partition coefficient (Wildman–Crippen LogP) is 4.15. The summed E-state index contributed by atoms with van der Waals surface area (Å²) in [5.41, 5.74) is 1.78. The molecule has 3 rings (SSSR count). The SMILES string of the molecule is CCOc1cc(C=O)ccc1OCC(=O)Nc1ccccc1C(=O)c1ccccc1. The van der Waals surface area contributed by atoms with Crippen molar-refractivity contribution >= 4 is 23.7 Å². The lowest BCUT2D eigenvalue weighted by atomic mass is 10.0. The summed E-state index contributed by atoms with van der Waals surface area (Å²) in [5.74, 6) is 0.126. The highest BCUT2D eigenvalue weighted by atomic mass is 16.5. The highest BCUT2D eigenvalue weighted by Crippen LogP contribution is 2.28. The highest BCUT2D eigenvalue weighted by molar-refractivity contribution is 6.13. The van der Waals surface area contributed by atoms with Gasteiger partial charge >= 0.3 is 0 Å². The number of benzene rings is 3. The Hall–Kier alpha value is -3.93. The van der Waals surface area contributed by atoms with Crippen LogP contribution in [0.15, 0.2) is 72.8 Å². The molecule has 30 heavy (non-hydrogen) atoms. The van der Waals surface area contributed by atoms with E-state index >= 15 is 0 Å². The Labute approximate surface area is 174 Å². The number of amides is 1. The summed E-state index contributed by atoms with van der Waals surface area (Å²) in [6, 6.07) is 20.4. The van der Waals surface area contributed by atoms with Gasteiger partial charge in [0.2, 0.25) is 0 Å². The molecule has 0 saturated carbocycles. The van der Waals surface area contributed by atoms with Gasteiger partial charge in [0.25, 0.3) is 5.91 Å². The molecule has 0 unspecified atom stereocenters. The molecular weight excluding hydrogens is 382 g/mol. The quantitative estimate of drug-likeness (QED) is 0.429. The van der Waals surface area contributed by atoms with E-state index in [1.807, 2.05) is 13.0 Å². The molecule has 6 nitrogen and oxygen atoms in total. The number of carbonyl (C=O) groups excluding carboxylic acids is 3.